The van der Waals surface area contributed by atoms with Gasteiger partial charge in [-0.15, -0.1) is 0 Å². The highest BCUT2D eigenvalue weighted by molar-refractivity contribution is 7.96. The van der Waals surface area contributed by atoms with Crippen LogP contribution in [0.15, 0.2) is 54.6 Å². The molecule has 1 unspecified atom stereocenters. The summed E-state index contributed by atoms with van der Waals surface area (Å²) in [6.45, 7) is 7.26. The quantitative estimate of drug-likeness (QED) is 0.310. The third kappa shape index (κ3) is 6.11. The second-order valence-electron chi connectivity index (χ2n) is 10.2. The fraction of sp³-hybridized carbons (Fsp3) is 0.387. The first-order valence-corrected chi connectivity index (χ1v) is 14.4. The predicted molar refractivity (Wildman–Crippen MR) is 151 cm³/mol. The van der Waals surface area contributed by atoms with Gasteiger partial charge in [-0.3, -0.25) is 9.10 Å². The summed E-state index contributed by atoms with van der Waals surface area (Å²) in [7, 11) is 0. The number of carboxylic acids is 1. The summed E-state index contributed by atoms with van der Waals surface area (Å²) in [6, 6.07) is 18.5. The maximum atomic E-state index is 11.1. The van der Waals surface area contributed by atoms with E-state index in [1.165, 1.54) is 16.7 Å². The molecule has 1 N–H and O–H groups in total. The first-order chi connectivity index (χ1) is 18.4. The lowest BCUT2D eigenvalue weighted by Gasteiger charge is -2.30. The molecule has 0 aliphatic carbocycles. The molecule has 38 heavy (non-hydrogen) atoms. The van der Waals surface area contributed by atoms with Crippen molar-refractivity contribution < 1.29 is 24.1 Å². The summed E-state index contributed by atoms with van der Waals surface area (Å²) in [4.78, 5) is 11.1. The molecule has 7 heteroatoms. The van der Waals surface area contributed by atoms with Gasteiger partial charge in [0.1, 0.15) is 30.0 Å². The predicted octanol–water partition coefficient (Wildman–Crippen LogP) is 6.62. The van der Waals surface area contributed by atoms with E-state index in [1.54, 1.807) is 0 Å². The zero-order valence-electron chi connectivity index (χ0n) is 22.2. The molecule has 1 saturated heterocycles. The summed E-state index contributed by atoms with van der Waals surface area (Å²) in [5.41, 5.74) is 6.80. The van der Waals surface area contributed by atoms with Crippen molar-refractivity contribution >= 4 is 17.9 Å². The summed E-state index contributed by atoms with van der Waals surface area (Å²) in [5.74, 6) is 1.46. The van der Waals surface area contributed by atoms with Crippen LogP contribution in [0.5, 0.6) is 17.2 Å². The Balaban J connectivity index is 1.25. The van der Waals surface area contributed by atoms with Gasteiger partial charge in [0, 0.05) is 30.6 Å². The largest absolute Gasteiger partial charge is 0.492 e. The number of rotatable bonds is 9. The zero-order valence-corrected chi connectivity index (χ0v) is 23.1. The molecule has 0 saturated carbocycles. The number of ether oxygens (including phenoxy) is 3. The average Bonchev–Trinajstić information content (AvgIpc) is 3.29. The fourth-order valence-corrected chi connectivity index (χ4v) is 6.06. The van der Waals surface area contributed by atoms with Gasteiger partial charge in [-0.05, 0) is 85.0 Å². The van der Waals surface area contributed by atoms with Crippen LogP contribution >= 0.6 is 11.9 Å². The minimum Gasteiger partial charge on any atom is -0.492 e. The summed E-state index contributed by atoms with van der Waals surface area (Å²) < 4.78 is 20.6. The summed E-state index contributed by atoms with van der Waals surface area (Å²) in [5, 5.41) is 9.11. The summed E-state index contributed by atoms with van der Waals surface area (Å²) >= 11 is 1.81. The van der Waals surface area contributed by atoms with Crippen LogP contribution in [0, 0.1) is 13.8 Å². The van der Waals surface area contributed by atoms with Gasteiger partial charge >= 0.3 is 5.97 Å². The number of hydrogen-bond acceptors (Lipinski definition) is 6. The van der Waals surface area contributed by atoms with Crippen molar-refractivity contribution in [3.05, 3.63) is 76.9 Å². The van der Waals surface area contributed by atoms with Crippen LogP contribution in [-0.4, -0.2) is 47.4 Å². The van der Waals surface area contributed by atoms with Gasteiger partial charge in [-0.2, -0.15) is 0 Å². The van der Waals surface area contributed by atoms with Gasteiger partial charge in [-0.1, -0.05) is 36.2 Å². The lowest BCUT2D eigenvalue weighted by atomic mass is 9.94. The van der Waals surface area contributed by atoms with Gasteiger partial charge in [-0.25, -0.2) is 0 Å². The maximum Gasteiger partial charge on any atom is 0.304 e. The molecule has 6 nitrogen and oxygen atoms in total. The molecule has 2 aliphatic heterocycles. The number of fused-ring (bicyclic) bond motifs is 1. The van der Waals surface area contributed by atoms with Crippen LogP contribution in [0.25, 0.3) is 11.1 Å². The van der Waals surface area contributed by atoms with Crippen molar-refractivity contribution in [3.63, 3.8) is 0 Å². The standard InChI is InChI=1S/C31H35NO5S/c1-20-13-27(37-25-9-11-32(38-3)12-10-25)14-21(2)31(20)23-6-4-5-22(15-23)18-35-26-7-8-28-24(16-30(33)34)19-36-29(28)17-26/h4-8,13-15,17,24-25H,9-12,16,18-19H2,1-3H3,(H,33,34). The highest BCUT2D eigenvalue weighted by atomic mass is 32.2. The van der Waals surface area contributed by atoms with Gasteiger partial charge in [0.2, 0.25) is 0 Å². The molecule has 0 aromatic heterocycles. The van der Waals surface area contributed by atoms with Crippen LogP contribution in [-0.2, 0) is 11.4 Å². The van der Waals surface area contributed by atoms with Crippen LogP contribution in [0.2, 0.25) is 0 Å². The molecule has 0 amide bonds. The highest BCUT2D eigenvalue weighted by Crippen LogP contribution is 2.38. The van der Waals surface area contributed by atoms with E-state index < -0.39 is 5.97 Å². The molecule has 1 atom stereocenters. The zero-order chi connectivity index (χ0) is 26.6. The number of aliphatic carboxylic acids is 1. The Bertz CT molecular complexity index is 1280. The molecule has 0 bridgehead atoms. The van der Waals surface area contributed by atoms with Gasteiger partial charge in [0.05, 0.1) is 13.0 Å². The number of carboxylic acid groups (broad SMARTS) is 1. The number of benzene rings is 3. The Morgan fingerprint density at radius 2 is 1.82 bits per heavy atom. The lowest BCUT2D eigenvalue weighted by Crippen LogP contribution is -2.34. The Morgan fingerprint density at radius 3 is 2.53 bits per heavy atom. The fourth-order valence-electron chi connectivity index (χ4n) is 5.48. The molecule has 0 radical (unpaired) electrons. The van der Waals surface area contributed by atoms with Crippen LogP contribution in [0.3, 0.4) is 0 Å². The van der Waals surface area contributed by atoms with Crippen molar-refractivity contribution in [2.75, 3.05) is 26.0 Å². The van der Waals surface area contributed by atoms with Crippen LogP contribution in [0.4, 0.5) is 0 Å². The molecule has 1 fully saturated rings. The third-order valence-electron chi connectivity index (χ3n) is 7.38. The monoisotopic (exact) mass is 533 g/mol. The molecular formula is C31H35NO5S. The second kappa shape index (κ2) is 11.7. The van der Waals surface area contributed by atoms with E-state index in [9.17, 15) is 4.79 Å². The number of piperidine rings is 1. The van der Waals surface area contributed by atoms with E-state index in [-0.39, 0.29) is 18.4 Å². The van der Waals surface area contributed by atoms with Gasteiger partial charge in [0.15, 0.2) is 0 Å². The minimum absolute atomic E-state index is 0.0729. The molecule has 2 aliphatic rings. The van der Waals surface area contributed by atoms with E-state index in [1.807, 2.05) is 30.1 Å². The Morgan fingerprint density at radius 1 is 1.05 bits per heavy atom. The Labute approximate surface area is 229 Å². The van der Waals surface area contributed by atoms with Gasteiger partial charge < -0.3 is 19.3 Å². The Hall–Kier alpha value is -3.16. The molecule has 0 spiro atoms. The molecule has 5 rings (SSSR count). The lowest BCUT2D eigenvalue weighted by molar-refractivity contribution is -0.137. The number of carbonyl (C=O) groups is 1. The second-order valence-corrected chi connectivity index (χ2v) is 11.0. The molecule has 200 valence electrons. The SMILES string of the molecule is CSN1CCC(Oc2cc(C)c(-c3cccc(COc4ccc5c(c4)OCC5CC(=O)O)c3)c(C)c2)CC1. The normalized spacial score (nSPS) is 17.6. The van der Waals surface area contributed by atoms with E-state index in [2.05, 4.69) is 60.8 Å². The van der Waals surface area contributed by atoms with Crippen molar-refractivity contribution in [2.24, 2.45) is 0 Å². The van der Waals surface area contributed by atoms with Crippen molar-refractivity contribution in [3.8, 4) is 28.4 Å². The smallest absolute Gasteiger partial charge is 0.304 e. The van der Waals surface area contributed by atoms with Crippen LogP contribution in [0.1, 0.15) is 47.4 Å². The van der Waals surface area contributed by atoms with E-state index in [4.69, 9.17) is 19.3 Å². The van der Waals surface area contributed by atoms with Crippen molar-refractivity contribution in [2.45, 2.75) is 51.7 Å². The van der Waals surface area contributed by atoms with Crippen LogP contribution < -0.4 is 14.2 Å². The molecule has 3 aromatic carbocycles. The molecular weight excluding hydrogens is 498 g/mol. The minimum atomic E-state index is -0.814. The maximum absolute atomic E-state index is 11.1. The topological polar surface area (TPSA) is 68.2 Å². The molecule has 3 aromatic rings. The average molecular weight is 534 g/mol. The Kier molecular flexibility index (Phi) is 8.15. The first kappa shape index (κ1) is 26.4. The van der Waals surface area contributed by atoms with Crippen molar-refractivity contribution in [1.82, 2.24) is 4.31 Å². The highest BCUT2D eigenvalue weighted by Gasteiger charge is 2.26. The summed E-state index contributed by atoms with van der Waals surface area (Å²) in [6.07, 6.45) is 4.60. The number of hydrogen-bond donors (Lipinski definition) is 1. The molecule has 2 heterocycles. The van der Waals surface area contributed by atoms with E-state index >= 15 is 0 Å². The number of aryl methyl sites for hydroxylation is 2. The van der Waals surface area contributed by atoms with Crippen molar-refractivity contribution in [1.29, 1.82) is 0 Å². The third-order valence-corrected chi connectivity index (χ3v) is 8.26. The number of nitrogens with zero attached hydrogens (tertiary/aromatic N) is 1. The van der Waals surface area contributed by atoms with E-state index in [0.29, 0.717) is 24.7 Å². The van der Waals surface area contributed by atoms with Gasteiger partial charge in [0.25, 0.3) is 0 Å². The van der Waals surface area contributed by atoms with E-state index in [0.717, 1.165) is 48.4 Å². The first-order valence-electron chi connectivity index (χ1n) is 13.2.